The molecule has 19 heavy (non-hydrogen) atoms. The lowest BCUT2D eigenvalue weighted by Crippen LogP contribution is -2.22. The fraction of sp³-hybridized carbons (Fsp3) is 0.154. The van der Waals surface area contributed by atoms with Crippen molar-refractivity contribution in [1.82, 2.24) is 9.97 Å². The van der Waals surface area contributed by atoms with Crippen LogP contribution in [0.25, 0.3) is 0 Å². The minimum absolute atomic E-state index is 0.0359. The number of carbonyl (C=O) groups is 1. The summed E-state index contributed by atoms with van der Waals surface area (Å²) in [6.45, 7) is 2.26. The molecule has 0 radical (unpaired) electrons. The molecule has 0 atom stereocenters. The molecule has 1 amide bonds. The quantitative estimate of drug-likeness (QED) is 0.869. The van der Waals surface area contributed by atoms with Gasteiger partial charge in [0, 0.05) is 12.4 Å². The molecule has 0 saturated heterocycles. The van der Waals surface area contributed by atoms with Crippen LogP contribution in [0.4, 0.5) is 5.69 Å². The molecule has 0 aliphatic carbocycles. The fourth-order valence-electron chi connectivity index (χ4n) is 1.53. The average Bonchev–Trinajstić information content (AvgIpc) is 2.41. The Bertz CT molecular complexity index is 637. The maximum absolute atomic E-state index is 12.0. The normalized spacial score (nSPS) is 9.95. The molecule has 0 bridgehead atoms. The minimum Gasteiger partial charge on any atom is -0.476 e. The van der Waals surface area contributed by atoms with E-state index in [-0.39, 0.29) is 5.56 Å². The summed E-state index contributed by atoms with van der Waals surface area (Å²) in [4.78, 5) is 29.9. The van der Waals surface area contributed by atoms with Crippen molar-refractivity contribution in [2.24, 2.45) is 0 Å². The van der Waals surface area contributed by atoms with Gasteiger partial charge in [0.15, 0.2) is 0 Å². The predicted molar refractivity (Wildman–Crippen MR) is 70.4 cm³/mol. The number of H-pyrrole nitrogens is 1. The van der Waals surface area contributed by atoms with E-state index in [2.05, 4.69) is 15.3 Å². The first-order valence-corrected chi connectivity index (χ1v) is 5.79. The summed E-state index contributed by atoms with van der Waals surface area (Å²) in [6, 6.07) is 6.37. The van der Waals surface area contributed by atoms with E-state index in [9.17, 15) is 9.59 Å². The number of rotatable bonds is 4. The second-order valence-corrected chi connectivity index (χ2v) is 3.66. The van der Waals surface area contributed by atoms with Crippen LogP contribution in [0.2, 0.25) is 0 Å². The number of aromatic nitrogens is 2. The molecule has 98 valence electrons. The van der Waals surface area contributed by atoms with Crippen molar-refractivity contribution in [3.8, 4) is 5.88 Å². The topological polar surface area (TPSA) is 84.1 Å². The Kier molecular flexibility index (Phi) is 3.92. The molecule has 0 unspecified atom stereocenters. The lowest BCUT2D eigenvalue weighted by atomic mass is 10.2. The number of carbonyl (C=O) groups excluding carboxylic acids is 1. The summed E-state index contributed by atoms with van der Waals surface area (Å²) in [5.74, 6) is -0.179. The van der Waals surface area contributed by atoms with E-state index >= 15 is 0 Å². The van der Waals surface area contributed by atoms with E-state index in [4.69, 9.17) is 4.74 Å². The van der Waals surface area contributed by atoms with Crippen LogP contribution in [0.3, 0.4) is 0 Å². The highest BCUT2D eigenvalue weighted by molar-refractivity contribution is 6.04. The Hall–Kier alpha value is -2.63. The van der Waals surface area contributed by atoms with Gasteiger partial charge in [-0.25, -0.2) is 4.98 Å². The molecule has 2 heterocycles. The molecule has 0 aliphatic rings. The van der Waals surface area contributed by atoms with Crippen molar-refractivity contribution >= 4 is 11.6 Å². The number of hydrogen-bond acceptors (Lipinski definition) is 4. The van der Waals surface area contributed by atoms with Crippen molar-refractivity contribution in [2.75, 3.05) is 11.9 Å². The number of amides is 1. The summed E-state index contributed by atoms with van der Waals surface area (Å²) in [5, 5.41) is 2.61. The number of nitrogens with zero attached hydrogens (tertiary/aromatic N) is 1. The van der Waals surface area contributed by atoms with Crippen LogP contribution < -0.4 is 15.6 Å². The van der Waals surface area contributed by atoms with Gasteiger partial charge < -0.3 is 15.0 Å². The zero-order valence-electron chi connectivity index (χ0n) is 10.3. The van der Waals surface area contributed by atoms with E-state index in [1.165, 1.54) is 12.3 Å². The second kappa shape index (κ2) is 5.81. The number of anilines is 1. The van der Waals surface area contributed by atoms with Crippen LogP contribution >= 0.6 is 0 Å². The van der Waals surface area contributed by atoms with Crippen molar-refractivity contribution in [2.45, 2.75) is 6.92 Å². The largest absolute Gasteiger partial charge is 0.476 e. The third kappa shape index (κ3) is 2.98. The molecule has 2 rings (SSSR count). The highest BCUT2D eigenvalue weighted by Crippen LogP contribution is 2.20. The van der Waals surface area contributed by atoms with Crippen LogP contribution in [0.15, 0.2) is 41.5 Å². The number of ether oxygens (including phenoxy) is 1. The second-order valence-electron chi connectivity index (χ2n) is 3.66. The summed E-state index contributed by atoms with van der Waals surface area (Å²) >= 11 is 0. The number of aromatic amines is 1. The van der Waals surface area contributed by atoms with E-state index in [0.717, 1.165) is 0 Å². The Morgan fingerprint density at radius 1 is 1.42 bits per heavy atom. The molecule has 0 saturated carbocycles. The van der Waals surface area contributed by atoms with Crippen molar-refractivity contribution in [1.29, 1.82) is 0 Å². The van der Waals surface area contributed by atoms with E-state index in [1.807, 2.05) is 6.92 Å². The van der Waals surface area contributed by atoms with Crippen LogP contribution in [0, 0.1) is 0 Å². The molecule has 6 heteroatoms. The lowest BCUT2D eigenvalue weighted by molar-refractivity contribution is 0.102. The molecule has 2 aromatic rings. The Labute approximate surface area is 109 Å². The van der Waals surface area contributed by atoms with Gasteiger partial charge in [-0.1, -0.05) is 0 Å². The van der Waals surface area contributed by atoms with E-state index in [1.54, 1.807) is 24.4 Å². The van der Waals surface area contributed by atoms with Gasteiger partial charge in [-0.05, 0) is 31.2 Å². The summed E-state index contributed by atoms with van der Waals surface area (Å²) in [5.41, 5.74) is 0.0215. The van der Waals surface area contributed by atoms with E-state index < -0.39 is 11.5 Å². The Morgan fingerprint density at radius 3 is 3.00 bits per heavy atom. The molecule has 0 aromatic carbocycles. The van der Waals surface area contributed by atoms with Crippen LogP contribution in [-0.2, 0) is 0 Å². The third-order valence-electron chi connectivity index (χ3n) is 2.36. The smallest absolute Gasteiger partial charge is 0.261 e. The van der Waals surface area contributed by atoms with Crippen molar-refractivity contribution in [3.05, 3.63) is 52.6 Å². The maximum Gasteiger partial charge on any atom is 0.261 e. The Morgan fingerprint density at radius 2 is 2.26 bits per heavy atom. The van der Waals surface area contributed by atoms with Crippen LogP contribution in [0.5, 0.6) is 5.88 Å². The number of hydrogen-bond donors (Lipinski definition) is 2. The molecular weight excluding hydrogens is 246 g/mol. The van der Waals surface area contributed by atoms with Gasteiger partial charge in [-0.15, -0.1) is 0 Å². The third-order valence-corrected chi connectivity index (χ3v) is 2.36. The molecule has 2 N–H and O–H groups in total. The predicted octanol–water partition coefficient (Wildman–Crippen LogP) is 1.42. The molecular formula is C13H13N3O3. The van der Waals surface area contributed by atoms with Crippen LogP contribution in [-0.4, -0.2) is 22.5 Å². The number of nitrogens with one attached hydrogen (secondary N) is 2. The molecule has 0 aliphatic heterocycles. The highest BCUT2D eigenvalue weighted by atomic mass is 16.5. The average molecular weight is 259 g/mol. The van der Waals surface area contributed by atoms with Crippen molar-refractivity contribution in [3.63, 3.8) is 0 Å². The number of pyridine rings is 2. The van der Waals surface area contributed by atoms with Gasteiger partial charge in [0.2, 0.25) is 5.88 Å². The molecule has 2 aromatic heterocycles. The van der Waals surface area contributed by atoms with Gasteiger partial charge >= 0.3 is 0 Å². The lowest BCUT2D eigenvalue weighted by Gasteiger charge is -2.09. The highest BCUT2D eigenvalue weighted by Gasteiger charge is 2.12. The van der Waals surface area contributed by atoms with E-state index in [0.29, 0.717) is 18.2 Å². The zero-order chi connectivity index (χ0) is 13.7. The summed E-state index contributed by atoms with van der Waals surface area (Å²) < 4.78 is 5.29. The van der Waals surface area contributed by atoms with Gasteiger partial charge in [0.1, 0.15) is 11.3 Å². The summed E-state index contributed by atoms with van der Waals surface area (Å²) in [7, 11) is 0. The fourth-order valence-corrected chi connectivity index (χ4v) is 1.53. The zero-order valence-corrected chi connectivity index (χ0v) is 10.3. The van der Waals surface area contributed by atoms with Gasteiger partial charge in [-0.3, -0.25) is 9.59 Å². The SMILES string of the molecule is CCOc1ncccc1NC(=O)c1ccc[nH]c1=O. The molecule has 0 fully saturated rings. The first-order valence-electron chi connectivity index (χ1n) is 5.79. The standard InChI is InChI=1S/C13H13N3O3/c1-2-19-13-10(6-4-8-15-13)16-12(18)9-5-3-7-14-11(9)17/h3-8H,2H2,1H3,(H,14,17)(H,16,18). The van der Waals surface area contributed by atoms with Crippen molar-refractivity contribution < 1.29 is 9.53 Å². The monoisotopic (exact) mass is 259 g/mol. The summed E-state index contributed by atoms with van der Waals surface area (Å²) in [6.07, 6.45) is 3.03. The minimum atomic E-state index is -0.504. The van der Waals surface area contributed by atoms with Gasteiger partial charge in [0.25, 0.3) is 11.5 Å². The van der Waals surface area contributed by atoms with Crippen LogP contribution in [0.1, 0.15) is 17.3 Å². The molecule has 6 nitrogen and oxygen atoms in total. The van der Waals surface area contributed by atoms with Gasteiger partial charge in [0.05, 0.1) is 6.61 Å². The first kappa shape index (κ1) is 12.8. The Balaban J connectivity index is 2.25. The molecule has 0 spiro atoms. The maximum atomic E-state index is 12.0. The first-order chi connectivity index (χ1) is 9.22. The van der Waals surface area contributed by atoms with Gasteiger partial charge in [-0.2, -0.15) is 0 Å².